The molecule has 0 aliphatic carbocycles. The second-order valence-corrected chi connectivity index (χ2v) is 5.43. The average molecular weight is 262 g/mol. The van der Waals surface area contributed by atoms with Gasteiger partial charge in [-0.1, -0.05) is 19.1 Å². The lowest BCUT2D eigenvalue weighted by Crippen LogP contribution is -2.37. The summed E-state index contributed by atoms with van der Waals surface area (Å²) in [6, 6.07) is 9.51. The van der Waals surface area contributed by atoms with Gasteiger partial charge in [0, 0.05) is 25.2 Å². The number of nitrogens with zero attached hydrogens (tertiary/aromatic N) is 1. The van der Waals surface area contributed by atoms with Crippen LogP contribution in [0.4, 0.5) is 0 Å². The molecule has 0 aromatic heterocycles. The second-order valence-electron chi connectivity index (χ2n) is 5.43. The van der Waals surface area contributed by atoms with E-state index in [9.17, 15) is 0 Å². The number of hydrogen-bond donors (Lipinski definition) is 1. The van der Waals surface area contributed by atoms with Crippen LogP contribution >= 0.6 is 0 Å². The van der Waals surface area contributed by atoms with Gasteiger partial charge in [-0.2, -0.15) is 0 Å². The van der Waals surface area contributed by atoms with Gasteiger partial charge in [-0.25, -0.2) is 0 Å². The van der Waals surface area contributed by atoms with Crippen molar-refractivity contribution in [2.45, 2.75) is 51.7 Å². The van der Waals surface area contributed by atoms with Gasteiger partial charge in [0.2, 0.25) is 0 Å². The first-order valence-corrected chi connectivity index (χ1v) is 7.42. The fraction of sp³-hybridized carbons (Fsp3) is 0.625. The van der Waals surface area contributed by atoms with Crippen molar-refractivity contribution < 1.29 is 4.74 Å². The van der Waals surface area contributed by atoms with Crippen LogP contribution in [0.25, 0.3) is 0 Å². The molecule has 1 heterocycles. The van der Waals surface area contributed by atoms with Crippen LogP contribution < -0.4 is 10.5 Å². The van der Waals surface area contributed by atoms with E-state index in [1.54, 1.807) is 0 Å². The Kier molecular flexibility index (Phi) is 5.23. The number of likely N-dealkylation sites (tertiary alicyclic amines) is 1. The van der Waals surface area contributed by atoms with Gasteiger partial charge in [0.1, 0.15) is 12.4 Å². The lowest BCUT2D eigenvalue weighted by Gasteiger charge is -2.27. The molecule has 1 aliphatic rings. The molecular formula is C16H26N2O. The monoisotopic (exact) mass is 262 g/mol. The zero-order valence-corrected chi connectivity index (χ0v) is 12.1. The first kappa shape index (κ1) is 14.4. The van der Waals surface area contributed by atoms with Crippen molar-refractivity contribution in [2.24, 2.45) is 5.73 Å². The molecule has 3 nitrogen and oxygen atoms in total. The maximum Gasteiger partial charge on any atom is 0.119 e. The van der Waals surface area contributed by atoms with Gasteiger partial charge in [-0.05, 0) is 43.9 Å². The van der Waals surface area contributed by atoms with Crippen LogP contribution in [0.1, 0.15) is 38.7 Å². The molecule has 1 saturated heterocycles. The summed E-state index contributed by atoms with van der Waals surface area (Å²) in [4.78, 5) is 2.59. The molecule has 1 aromatic rings. The lowest BCUT2D eigenvalue weighted by molar-refractivity contribution is 0.159. The molecule has 3 heteroatoms. The minimum absolute atomic E-state index is 0.568. The Morgan fingerprint density at radius 1 is 1.37 bits per heavy atom. The Hall–Kier alpha value is -1.06. The van der Waals surface area contributed by atoms with Crippen molar-refractivity contribution in [3.8, 4) is 5.75 Å². The highest BCUT2D eigenvalue weighted by molar-refractivity contribution is 5.28. The fourth-order valence-corrected chi connectivity index (χ4v) is 3.00. The zero-order valence-electron chi connectivity index (χ0n) is 12.1. The maximum atomic E-state index is 5.85. The molecule has 106 valence electrons. The predicted molar refractivity (Wildman–Crippen MR) is 79.3 cm³/mol. The van der Waals surface area contributed by atoms with E-state index in [0.29, 0.717) is 12.6 Å². The Balaban J connectivity index is 1.82. The summed E-state index contributed by atoms with van der Waals surface area (Å²) in [7, 11) is 0. The van der Waals surface area contributed by atoms with Gasteiger partial charge in [0.15, 0.2) is 0 Å². The van der Waals surface area contributed by atoms with Crippen LogP contribution in [0.15, 0.2) is 24.3 Å². The van der Waals surface area contributed by atoms with E-state index in [0.717, 1.165) is 30.5 Å². The fourth-order valence-electron chi connectivity index (χ4n) is 3.00. The topological polar surface area (TPSA) is 38.5 Å². The summed E-state index contributed by atoms with van der Waals surface area (Å²) in [5.41, 5.74) is 6.76. The molecule has 2 unspecified atom stereocenters. The Morgan fingerprint density at radius 2 is 2.21 bits per heavy atom. The molecule has 2 rings (SSSR count). The van der Waals surface area contributed by atoms with Crippen molar-refractivity contribution >= 4 is 0 Å². The number of nitrogens with two attached hydrogens (primary N) is 1. The Labute approximate surface area is 116 Å². The summed E-state index contributed by atoms with van der Waals surface area (Å²) in [6.45, 7) is 6.95. The molecule has 1 aliphatic heterocycles. The van der Waals surface area contributed by atoms with E-state index in [1.165, 1.54) is 19.3 Å². The quantitative estimate of drug-likeness (QED) is 0.856. The molecule has 2 N–H and O–H groups in total. The number of rotatable bonds is 6. The molecule has 19 heavy (non-hydrogen) atoms. The minimum Gasteiger partial charge on any atom is -0.492 e. The molecule has 2 atom stereocenters. The molecular weight excluding hydrogens is 236 g/mol. The summed E-state index contributed by atoms with van der Waals surface area (Å²) in [6.07, 6.45) is 3.90. The largest absolute Gasteiger partial charge is 0.492 e. The van der Waals surface area contributed by atoms with Gasteiger partial charge in [-0.15, -0.1) is 0 Å². The van der Waals surface area contributed by atoms with E-state index < -0.39 is 0 Å². The van der Waals surface area contributed by atoms with Crippen LogP contribution in [-0.4, -0.2) is 30.1 Å². The second kappa shape index (κ2) is 6.92. The van der Waals surface area contributed by atoms with Gasteiger partial charge in [0.25, 0.3) is 0 Å². The molecule has 0 radical (unpaired) electrons. The summed E-state index contributed by atoms with van der Waals surface area (Å²) in [5, 5.41) is 0. The van der Waals surface area contributed by atoms with E-state index in [-0.39, 0.29) is 0 Å². The van der Waals surface area contributed by atoms with Gasteiger partial charge in [-0.3, -0.25) is 4.90 Å². The standard InChI is InChI=1S/C16H26N2O/c1-3-15-8-7-13(2)18(15)9-10-19-16-6-4-5-14(11-16)12-17/h4-6,11,13,15H,3,7-10,12,17H2,1-2H3. The highest BCUT2D eigenvalue weighted by Crippen LogP contribution is 2.25. The Morgan fingerprint density at radius 3 is 2.95 bits per heavy atom. The predicted octanol–water partition coefficient (Wildman–Crippen LogP) is 2.79. The lowest BCUT2D eigenvalue weighted by atomic mass is 10.1. The molecule has 0 bridgehead atoms. The van der Waals surface area contributed by atoms with Gasteiger partial charge >= 0.3 is 0 Å². The number of benzene rings is 1. The normalized spacial score (nSPS) is 23.7. The van der Waals surface area contributed by atoms with Crippen molar-refractivity contribution in [1.29, 1.82) is 0 Å². The van der Waals surface area contributed by atoms with Crippen molar-refractivity contribution in [3.63, 3.8) is 0 Å². The van der Waals surface area contributed by atoms with E-state index in [4.69, 9.17) is 10.5 Å². The van der Waals surface area contributed by atoms with E-state index >= 15 is 0 Å². The van der Waals surface area contributed by atoms with Crippen LogP contribution in [0.3, 0.4) is 0 Å². The third-order valence-electron chi connectivity index (χ3n) is 4.18. The van der Waals surface area contributed by atoms with Crippen molar-refractivity contribution in [3.05, 3.63) is 29.8 Å². The van der Waals surface area contributed by atoms with Crippen molar-refractivity contribution in [2.75, 3.05) is 13.2 Å². The minimum atomic E-state index is 0.568. The van der Waals surface area contributed by atoms with Crippen LogP contribution in [0.2, 0.25) is 0 Å². The third kappa shape index (κ3) is 3.71. The molecule has 0 saturated carbocycles. The highest BCUT2D eigenvalue weighted by atomic mass is 16.5. The van der Waals surface area contributed by atoms with Crippen LogP contribution in [0, 0.1) is 0 Å². The van der Waals surface area contributed by atoms with Crippen molar-refractivity contribution in [1.82, 2.24) is 4.90 Å². The smallest absolute Gasteiger partial charge is 0.119 e. The molecule has 0 amide bonds. The number of hydrogen-bond acceptors (Lipinski definition) is 3. The summed E-state index contributed by atoms with van der Waals surface area (Å²) < 4.78 is 5.85. The SMILES string of the molecule is CCC1CCC(C)N1CCOc1cccc(CN)c1. The number of ether oxygens (including phenoxy) is 1. The first-order valence-electron chi connectivity index (χ1n) is 7.42. The maximum absolute atomic E-state index is 5.85. The van der Waals surface area contributed by atoms with E-state index in [2.05, 4.69) is 18.7 Å². The highest BCUT2D eigenvalue weighted by Gasteiger charge is 2.28. The Bertz CT molecular complexity index is 394. The summed E-state index contributed by atoms with van der Waals surface area (Å²) >= 11 is 0. The molecule has 1 fully saturated rings. The van der Waals surface area contributed by atoms with Crippen LogP contribution in [0.5, 0.6) is 5.75 Å². The molecule has 1 aromatic carbocycles. The summed E-state index contributed by atoms with van der Waals surface area (Å²) in [5.74, 6) is 0.933. The zero-order chi connectivity index (χ0) is 13.7. The first-order chi connectivity index (χ1) is 9.24. The van der Waals surface area contributed by atoms with Crippen LogP contribution in [-0.2, 0) is 6.54 Å². The van der Waals surface area contributed by atoms with Gasteiger partial charge in [0.05, 0.1) is 0 Å². The third-order valence-corrected chi connectivity index (χ3v) is 4.18. The average Bonchev–Trinajstić information content (AvgIpc) is 2.80. The molecule has 0 spiro atoms. The van der Waals surface area contributed by atoms with Gasteiger partial charge < -0.3 is 10.5 Å². The van der Waals surface area contributed by atoms with E-state index in [1.807, 2.05) is 24.3 Å².